The summed E-state index contributed by atoms with van der Waals surface area (Å²) >= 11 is 12.2. The molecule has 0 saturated carbocycles. The van der Waals surface area contributed by atoms with E-state index in [9.17, 15) is 9.59 Å². The van der Waals surface area contributed by atoms with Gasteiger partial charge in [-0.15, -0.1) is 0 Å². The van der Waals surface area contributed by atoms with Crippen LogP contribution in [0, 0.1) is 0 Å². The second-order valence-corrected chi connectivity index (χ2v) is 9.06. The number of halogens is 2. The zero-order chi connectivity index (χ0) is 23.8. The number of nitrogens with one attached hydrogen (secondary N) is 1. The molecule has 0 fully saturated rings. The van der Waals surface area contributed by atoms with Crippen LogP contribution in [0.2, 0.25) is 10.0 Å². The molecule has 2 atom stereocenters. The minimum Gasteiger partial charge on any atom is -0.483 e. The van der Waals surface area contributed by atoms with Crippen LogP contribution in [0.4, 0.5) is 0 Å². The molecule has 2 aromatic rings. The van der Waals surface area contributed by atoms with Crippen LogP contribution in [-0.2, 0) is 16.1 Å². The van der Waals surface area contributed by atoms with Gasteiger partial charge in [-0.1, -0.05) is 68.2 Å². The first-order valence-corrected chi connectivity index (χ1v) is 11.6. The molecular weight excluding hydrogens is 447 g/mol. The van der Waals surface area contributed by atoms with Crippen molar-refractivity contribution in [3.63, 3.8) is 0 Å². The molecule has 2 rings (SSSR count). The summed E-state index contributed by atoms with van der Waals surface area (Å²) in [6, 6.07) is 12.2. The number of hydrogen-bond acceptors (Lipinski definition) is 3. The SMILES string of the molecule is CC[C@@H](C)NC(=O)[C@H](C)N(Cc1ccc(Cl)c(Cl)c1)C(=O)COc1ccccc1C(C)C. The molecule has 0 aliphatic rings. The van der Waals surface area contributed by atoms with Crippen molar-refractivity contribution in [1.29, 1.82) is 0 Å². The van der Waals surface area contributed by atoms with Gasteiger partial charge in [0.15, 0.2) is 6.61 Å². The summed E-state index contributed by atoms with van der Waals surface area (Å²) in [4.78, 5) is 27.5. The molecule has 0 spiro atoms. The number of hydrogen-bond donors (Lipinski definition) is 1. The van der Waals surface area contributed by atoms with Crippen LogP contribution in [0.25, 0.3) is 0 Å². The Kier molecular flexibility index (Phi) is 9.85. The van der Waals surface area contributed by atoms with Gasteiger partial charge in [0.05, 0.1) is 10.0 Å². The highest BCUT2D eigenvalue weighted by atomic mass is 35.5. The molecule has 2 aromatic carbocycles. The quantitative estimate of drug-likeness (QED) is 0.467. The molecule has 0 saturated heterocycles. The lowest BCUT2D eigenvalue weighted by Crippen LogP contribution is -2.50. The molecular formula is C25H32Cl2N2O3. The maximum absolute atomic E-state index is 13.2. The first-order valence-electron chi connectivity index (χ1n) is 10.9. The van der Waals surface area contributed by atoms with Gasteiger partial charge in [-0.25, -0.2) is 0 Å². The highest BCUT2D eigenvalue weighted by Crippen LogP contribution is 2.26. The minimum absolute atomic E-state index is 0.0149. The second kappa shape index (κ2) is 12.1. The zero-order valence-electron chi connectivity index (χ0n) is 19.3. The summed E-state index contributed by atoms with van der Waals surface area (Å²) < 4.78 is 5.88. The normalized spacial score (nSPS) is 12.9. The maximum Gasteiger partial charge on any atom is 0.261 e. The number of carbonyl (C=O) groups is 2. The number of rotatable bonds is 10. The van der Waals surface area contributed by atoms with Crippen molar-refractivity contribution in [2.24, 2.45) is 0 Å². The van der Waals surface area contributed by atoms with E-state index in [4.69, 9.17) is 27.9 Å². The number of nitrogens with zero attached hydrogens (tertiary/aromatic N) is 1. The highest BCUT2D eigenvalue weighted by molar-refractivity contribution is 6.42. The van der Waals surface area contributed by atoms with E-state index in [0.29, 0.717) is 15.8 Å². The summed E-state index contributed by atoms with van der Waals surface area (Å²) in [5.41, 5.74) is 1.80. The monoisotopic (exact) mass is 478 g/mol. The van der Waals surface area contributed by atoms with Crippen LogP contribution < -0.4 is 10.1 Å². The van der Waals surface area contributed by atoms with Crippen LogP contribution in [0.15, 0.2) is 42.5 Å². The van der Waals surface area contributed by atoms with Crippen LogP contribution in [0.1, 0.15) is 58.1 Å². The Labute approximate surface area is 201 Å². The van der Waals surface area contributed by atoms with Gasteiger partial charge < -0.3 is 15.0 Å². The van der Waals surface area contributed by atoms with Gasteiger partial charge in [-0.3, -0.25) is 9.59 Å². The van der Waals surface area contributed by atoms with E-state index in [-0.39, 0.29) is 36.9 Å². The molecule has 0 radical (unpaired) electrons. The van der Waals surface area contributed by atoms with Crippen LogP contribution in [0.3, 0.4) is 0 Å². The van der Waals surface area contributed by atoms with Crippen molar-refractivity contribution in [3.05, 3.63) is 63.6 Å². The smallest absolute Gasteiger partial charge is 0.261 e. The van der Waals surface area contributed by atoms with Crippen molar-refractivity contribution in [2.75, 3.05) is 6.61 Å². The van der Waals surface area contributed by atoms with Gasteiger partial charge in [-0.05, 0) is 55.5 Å². The zero-order valence-corrected chi connectivity index (χ0v) is 20.8. The van der Waals surface area contributed by atoms with Crippen molar-refractivity contribution in [3.8, 4) is 5.75 Å². The van der Waals surface area contributed by atoms with Crippen molar-refractivity contribution in [2.45, 2.75) is 65.6 Å². The Hall–Kier alpha value is -2.24. The number of para-hydroxylation sites is 1. The Morgan fingerprint density at radius 3 is 2.34 bits per heavy atom. The van der Waals surface area contributed by atoms with Gasteiger partial charge in [0.2, 0.25) is 5.91 Å². The Balaban J connectivity index is 2.23. The minimum atomic E-state index is -0.685. The van der Waals surface area contributed by atoms with Crippen molar-refractivity contribution >= 4 is 35.0 Å². The Bertz CT molecular complexity index is 933. The third-order valence-electron chi connectivity index (χ3n) is 5.40. The molecule has 0 heterocycles. The fourth-order valence-electron chi connectivity index (χ4n) is 3.19. The fraction of sp³-hybridized carbons (Fsp3) is 0.440. The van der Waals surface area contributed by atoms with E-state index in [1.807, 2.05) is 38.1 Å². The first-order chi connectivity index (χ1) is 15.1. The largest absolute Gasteiger partial charge is 0.483 e. The molecule has 32 heavy (non-hydrogen) atoms. The maximum atomic E-state index is 13.2. The number of benzene rings is 2. The Morgan fingerprint density at radius 2 is 1.72 bits per heavy atom. The van der Waals surface area contributed by atoms with E-state index < -0.39 is 6.04 Å². The lowest BCUT2D eigenvalue weighted by Gasteiger charge is -2.30. The van der Waals surface area contributed by atoms with Gasteiger partial charge in [0.25, 0.3) is 5.91 Å². The van der Waals surface area contributed by atoms with Gasteiger partial charge in [-0.2, -0.15) is 0 Å². The van der Waals surface area contributed by atoms with Crippen LogP contribution in [0.5, 0.6) is 5.75 Å². The third kappa shape index (κ3) is 7.14. The van der Waals surface area contributed by atoms with Gasteiger partial charge in [0.1, 0.15) is 11.8 Å². The molecule has 174 valence electrons. The first kappa shape index (κ1) is 26.0. The molecule has 5 nitrogen and oxygen atoms in total. The van der Waals surface area contributed by atoms with E-state index in [1.165, 1.54) is 4.90 Å². The Morgan fingerprint density at radius 1 is 1.03 bits per heavy atom. The fourth-order valence-corrected chi connectivity index (χ4v) is 3.51. The van der Waals surface area contributed by atoms with Crippen molar-refractivity contribution in [1.82, 2.24) is 10.2 Å². The van der Waals surface area contributed by atoms with Crippen LogP contribution in [-0.4, -0.2) is 35.4 Å². The van der Waals surface area contributed by atoms with E-state index in [2.05, 4.69) is 19.2 Å². The van der Waals surface area contributed by atoms with E-state index in [1.54, 1.807) is 25.1 Å². The van der Waals surface area contributed by atoms with Crippen molar-refractivity contribution < 1.29 is 14.3 Å². The lowest BCUT2D eigenvalue weighted by atomic mass is 10.0. The molecule has 1 N–H and O–H groups in total. The molecule has 0 unspecified atom stereocenters. The number of amides is 2. The molecule has 7 heteroatoms. The average Bonchev–Trinajstić information content (AvgIpc) is 2.77. The summed E-state index contributed by atoms with van der Waals surface area (Å²) in [7, 11) is 0. The molecule has 0 aliphatic heterocycles. The summed E-state index contributed by atoms with van der Waals surface area (Å²) in [5.74, 6) is 0.424. The molecule has 0 aromatic heterocycles. The van der Waals surface area contributed by atoms with E-state index in [0.717, 1.165) is 17.5 Å². The third-order valence-corrected chi connectivity index (χ3v) is 6.14. The van der Waals surface area contributed by atoms with Gasteiger partial charge >= 0.3 is 0 Å². The molecule has 2 amide bonds. The van der Waals surface area contributed by atoms with Crippen LogP contribution >= 0.6 is 23.2 Å². The lowest BCUT2D eigenvalue weighted by molar-refractivity contribution is -0.142. The summed E-state index contributed by atoms with van der Waals surface area (Å²) in [6.07, 6.45) is 0.800. The standard InChI is InChI=1S/C25H32Cl2N2O3/c1-6-17(4)28-25(31)18(5)29(14-19-11-12-21(26)22(27)13-19)24(30)15-32-23-10-8-7-9-20(23)16(2)3/h7-13,16-18H,6,14-15H2,1-5H3,(H,28,31)/t17-,18+/m1/s1. The molecule has 0 aliphatic carbocycles. The summed E-state index contributed by atoms with van der Waals surface area (Å²) in [6.45, 7) is 9.82. The summed E-state index contributed by atoms with van der Waals surface area (Å²) in [5, 5.41) is 3.78. The van der Waals surface area contributed by atoms with Gasteiger partial charge in [0, 0.05) is 12.6 Å². The number of carbonyl (C=O) groups excluding carboxylic acids is 2. The second-order valence-electron chi connectivity index (χ2n) is 8.25. The van der Waals surface area contributed by atoms with E-state index >= 15 is 0 Å². The predicted octanol–water partition coefficient (Wildman–Crippen LogP) is 5.83. The number of ether oxygens (including phenoxy) is 1. The average molecular weight is 479 g/mol. The molecule has 0 bridgehead atoms. The predicted molar refractivity (Wildman–Crippen MR) is 130 cm³/mol. The highest BCUT2D eigenvalue weighted by Gasteiger charge is 2.27. The topological polar surface area (TPSA) is 58.6 Å².